The van der Waals surface area contributed by atoms with E-state index in [0.717, 1.165) is 37.4 Å². The topological polar surface area (TPSA) is 103 Å². The molecule has 7 nitrogen and oxygen atoms in total. The third-order valence-electron chi connectivity index (χ3n) is 4.02. The molecule has 1 aromatic heterocycles. The minimum atomic E-state index is -4.24. The summed E-state index contributed by atoms with van der Waals surface area (Å²) in [5.74, 6) is -4.21. The summed E-state index contributed by atoms with van der Waals surface area (Å²) in [6.07, 6.45) is 0.885. The van der Waals surface area contributed by atoms with Crippen LogP contribution >= 0.6 is 11.6 Å². The van der Waals surface area contributed by atoms with Gasteiger partial charge in [-0.05, 0) is 31.2 Å². The van der Waals surface area contributed by atoms with Gasteiger partial charge in [-0.15, -0.1) is 0 Å². The van der Waals surface area contributed by atoms with Crippen molar-refractivity contribution < 1.29 is 31.5 Å². The number of halogens is 3. The van der Waals surface area contributed by atoms with E-state index in [1.54, 1.807) is 0 Å². The van der Waals surface area contributed by atoms with Crippen molar-refractivity contribution >= 4 is 33.2 Å². The summed E-state index contributed by atoms with van der Waals surface area (Å²) in [7, 11) is -4.24. The molecule has 0 atom stereocenters. The molecule has 0 aliphatic heterocycles. The summed E-state index contributed by atoms with van der Waals surface area (Å²) in [6, 6.07) is 8.19. The number of sulfone groups is 1. The number of Topliss-reactive ketones (excluding diaryl/α,β-unsaturated/α-hetero) is 1. The number of ketones is 1. The van der Waals surface area contributed by atoms with Crippen molar-refractivity contribution in [3.05, 3.63) is 82.1 Å². The normalized spacial score (nSPS) is 11.2. The van der Waals surface area contributed by atoms with Crippen molar-refractivity contribution in [3.63, 3.8) is 0 Å². The Labute approximate surface area is 180 Å². The van der Waals surface area contributed by atoms with E-state index in [9.17, 15) is 26.8 Å². The molecule has 1 heterocycles. The van der Waals surface area contributed by atoms with Crippen molar-refractivity contribution in [2.24, 2.45) is 0 Å². The third kappa shape index (κ3) is 5.09. The molecule has 3 aromatic rings. The summed E-state index contributed by atoms with van der Waals surface area (Å²) in [6.45, 7) is 1.15. The van der Waals surface area contributed by atoms with Gasteiger partial charge in [0.1, 0.15) is 17.4 Å². The SMILES string of the molecule is CC(=O)c1cc(F)ccc1OC(=O)c1nc(S(=O)(=O)Cc2ccccc2F)ncc1Cl. The van der Waals surface area contributed by atoms with Crippen LogP contribution in [0.5, 0.6) is 5.75 Å². The quantitative estimate of drug-likeness (QED) is 0.235. The molecule has 0 N–H and O–H groups in total. The van der Waals surface area contributed by atoms with Crippen LogP contribution in [0, 0.1) is 11.6 Å². The first-order valence-corrected chi connectivity index (χ1v) is 10.6. The summed E-state index contributed by atoms with van der Waals surface area (Å²) in [5, 5.41) is -1.08. The number of esters is 1. The number of nitrogens with zero attached hydrogens (tertiary/aromatic N) is 2. The Hall–Kier alpha value is -3.24. The van der Waals surface area contributed by atoms with Gasteiger partial charge in [-0.25, -0.2) is 32.0 Å². The van der Waals surface area contributed by atoms with Gasteiger partial charge >= 0.3 is 5.97 Å². The van der Waals surface area contributed by atoms with E-state index in [4.69, 9.17) is 16.3 Å². The lowest BCUT2D eigenvalue weighted by molar-refractivity contribution is 0.0725. The maximum absolute atomic E-state index is 13.8. The Morgan fingerprint density at radius 1 is 1.13 bits per heavy atom. The zero-order valence-corrected chi connectivity index (χ0v) is 17.4. The largest absolute Gasteiger partial charge is 0.421 e. The molecule has 160 valence electrons. The predicted molar refractivity (Wildman–Crippen MR) is 106 cm³/mol. The molecular weight excluding hydrogens is 454 g/mol. The second-order valence-corrected chi connectivity index (χ2v) is 8.58. The lowest BCUT2D eigenvalue weighted by Crippen LogP contribution is -2.17. The van der Waals surface area contributed by atoms with Gasteiger partial charge < -0.3 is 4.74 Å². The number of ether oxygens (including phenoxy) is 1. The fraction of sp³-hybridized carbons (Fsp3) is 0.100. The van der Waals surface area contributed by atoms with Crippen LogP contribution in [0.1, 0.15) is 33.3 Å². The van der Waals surface area contributed by atoms with E-state index in [-0.39, 0.29) is 21.9 Å². The minimum absolute atomic E-state index is 0.109. The maximum atomic E-state index is 13.8. The van der Waals surface area contributed by atoms with Crippen molar-refractivity contribution in [1.29, 1.82) is 0 Å². The number of hydrogen-bond acceptors (Lipinski definition) is 7. The standard InChI is InChI=1S/C20H13ClF2N2O5S/c1-11(26)14-8-13(22)6-7-17(14)30-19(27)18-15(21)9-24-20(25-18)31(28,29)10-12-4-2-3-5-16(12)23/h2-9H,10H2,1H3. The molecule has 0 aliphatic rings. The van der Waals surface area contributed by atoms with E-state index >= 15 is 0 Å². The van der Waals surface area contributed by atoms with Crippen LogP contribution in [0.2, 0.25) is 5.02 Å². The lowest BCUT2D eigenvalue weighted by Gasteiger charge is -2.10. The fourth-order valence-corrected chi connectivity index (χ4v) is 3.93. The molecule has 0 radical (unpaired) electrons. The van der Waals surface area contributed by atoms with E-state index < -0.39 is 49.8 Å². The predicted octanol–water partition coefficient (Wildman–Crippen LogP) is 3.80. The Balaban J connectivity index is 1.93. The highest BCUT2D eigenvalue weighted by Crippen LogP contribution is 2.24. The van der Waals surface area contributed by atoms with Gasteiger partial charge in [0.25, 0.3) is 0 Å². The molecule has 2 aromatic carbocycles. The molecule has 0 unspecified atom stereocenters. The van der Waals surface area contributed by atoms with Gasteiger partial charge in [-0.1, -0.05) is 29.8 Å². The summed E-state index contributed by atoms with van der Waals surface area (Å²) in [4.78, 5) is 31.5. The van der Waals surface area contributed by atoms with Crippen LogP contribution in [0.4, 0.5) is 8.78 Å². The monoisotopic (exact) mass is 466 g/mol. The highest BCUT2D eigenvalue weighted by molar-refractivity contribution is 7.90. The lowest BCUT2D eigenvalue weighted by atomic mass is 10.1. The maximum Gasteiger partial charge on any atom is 0.364 e. The average molecular weight is 467 g/mol. The minimum Gasteiger partial charge on any atom is -0.421 e. The number of hydrogen-bond donors (Lipinski definition) is 0. The van der Waals surface area contributed by atoms with E-state index in [2.05, 4.69) is 9.97 Å². The van der Waals surface area contributed by atoms with E-state index in [0.29, 0.717) is 0 Å². The van der Waals surface area contributed by atoms with Crippen molar-refractivity contribution in [2.75, 3.05) is 0 Å². The molecule has 0 saturated heterocycles. The summed E-state index contributed by atoms with van der Waals surface area (Å²) < 4.78 is 57.5. The Morgan fingerprint density at radius 2 is 1.84 bits per heavy atom. The molecule has 0 bridgehead atoms. The highest BCUT2D eigenvalue weighted by Gasteiger charge is 2.25. The number of carbonyl (C=O) groups is 2. The number of benzene rings is 2. The molecule has 3 rings (SSSR count). The van der Waals surface area contributed by atoms with Gasteiger partial charge in [0, 0.05) is 5.56 Å². The Morgan fingerprint density at radius 3 is 2.52 bits per heavy atom. The van der Waals surface area contributed by atoms with Crippen LogP contribution in [-0.2, 0) is 15.6 Å². The van der Waals surface area contributed by atoms with Crippen molar-refractivity contribution in [3.8, 4) is 5.75 Å². The molecule has 0 fully saturated rings. The van der Waals surface area contributed by atoms with Crippen LogP contribution in [-0.4, -0.2) is 30.1 Å². The number of rotatable bonds is 6. The zero-order valence-electron chi connectivity index (χ0n) is 15.8. The first-order valence-electron chi connectivity index (χ1n) is 8.60. The summed E-state index contributed by atoms with van der Waals surface area (Å²) in [5.41, 5.74) is -0.906. The van der Waals surface area contributed by atoms with Crippen molar-refractivity contribution in [1.82, 2.24) is 9.97 Å². The molecule has 0 aliphatic carbocycles. The molecule has 31 heavy (non-hydrogen) atoms. The second kappa shape index (κ2) is 8.86. The van der Waals surface area contributed by atoms with E-state index in [1.807, 2.05) is 0 Å². The highest BCUT2D eigenvalue weighted by atomic mass is 35.5. The smallest absolute Gasteiger partial charge is 0.364 e. The van der Waals surface area contributed by atoms with Gasteiger partial charge in [-0.2, -0.15) is 0 Å². The van der Waals surface area contributed by atoms with Gasteiger partial charge in [0.05, 0.1) is 22.5 Å². The second-order valence-electron chi connectivity index (χ2n) is 6.29. The van der Waals surface area contributed by atoms with E-state index in [1.165, 1.54) is 18.2 Å². The number of carbonyl (C=O) groups excluding carboxylic acids is 2. The first-order chi connectivity index (χ1) is 14.6. The van der Waals surface area contributed by atoms with Crippen LogP contribution in [0.25, 0.3) is 0 Å². The van der Waals surface area contributed by atoms with Crippen LogP contribution < -0.4 is 4.74 Å². The van der Waals surface area contributed by atoms with Gasteiger partial charge in [0.15, 0.2) is 11.5 Å². The molecule has 0 spiro atoms. The molecule has 0 saturated carbocycles. The van der Waals surface area contributed by atoms with Crippen molar-refractivity contribution in [2.45, 2.75) is 17.8 Å². The summed E-state index contributed by atoms with van der Waals surface area (Å²) >= 11 is 5.91. The Kier molecular flexibility index (Phi) is 6.42. The van der Waals surface area contributed by atoms with Gasteiger partial charge in [-0.3, -0.25) is 4.79 Å². The zero-order chi connectivity index (χ0) is 22.8. The molecular formula is C20H13ClF2N2O5S. The third-order valence-corrected chi connectivity index (χ3v) is 5.74. The molecule has 11 heteroatoms. The fourth-order valence-electron chi connectivity index (χ4n) is 2.54. The Bertz CT molecular complexity index is 1300. The van der Waals surface area contributed by atoms with Gasteiger partial charge in [0.2, 0.25) is 15.0 Å². The number of aromatic nitrogens is 2. The van der Waals surface area contributed by atoms with Crippen LogP contribution in [0.15, 0.2) is 53.8 Å². The van der Waals surface area contributed by atoms with Crippen LogP contribution in [0.3, 0.4) is 0 Å². The average Bonchev–Trinajstić information content (AvgIpc) is 2.71. The first kappa shape index (κ1) is 22.4. The molecule has 0 amide bonds.